The van der Waals surface area contributed by atoms with Crippen LogP contribution in [0, 0.1) is 11.3 Å². The molecule has 0 heterocycles. The molecule has 4 nitrogen and oxygen atoms in total. The smallest absolute Gasteiger partial charge is 0.180 e. The quantitative estimate of drug-likeness (QED) is 0.681. The standard InChI is InChI=1S/C16H13N3O/c1-12(20)16(14-9-7-13(11-17)8-10-14)19-18-15-5-3-2-4-6-15/h2-10,18H,1H3/b19-16-. The van der Waals surface area contributed by atoms with Gasteiger partial charge in [-0.05, 0) is 24.3 Å². The summed E-state index contributed by atoms with van der Waals surface area (Å²) in [6.45, 7) is 1.46. The van der Waals surface area contributed by atoms with E-state index in [1.165, 1.54) is 6.92 Å². The number of nitriles is 1. The third-order valence-corrected chi connectivity index (χ3v) is 2.69. The van der Waals surface area contributed by atoms with E-state index in [2.05, 4.69) is 10.5 Å². The summed E-state index contributed by atoms with van der Waals surface area (Å²) in [6, 6.07) is 18.2. The zero-order valence-corrected chi connectivity index (χ0v) is 11.0. The predicted molar refractivity (Wildman–Crippen MR) is 78.4 cm³/mol. The number of benzene rings is 2. The molecule has 20 heavy (non-hydrogen) atoms. The molecule has 2 rings (SSSR count). The summed E-state index contributed by atoms with van der Waals surface area (Å²) in [5.74, 6) is -0.141. The van der Waals surface area contributed by atoms with Crippen molar-refractivity contribution in [3.63, 3.8) is 0 Å². The van der Waals surface area contributed by atoms with E-state index in [-0.39, 0.29) is 5.78 Å². The molecule has 4 heteroatoms. The highest BCUT2D eigenvalue weighted by Gasteiger charge is 2.09. The summed E-state index contributed by atoms with van der Waals surface area (Å²) in [7, 11) is 0. The Bertz CT molecular complexity index is 667. The number of hydrogen-bond donors (Lipinski definition) is 1. The maximum atomic E-state index is 11.7. The van der Waals surface area contributed by atoms with Gasteiger partial charge in [0, 0.05) is 12.5 Å². The van der Waals surface area contributed by atoms with E-state index in [9.17, 15) is 4.79 Å². The van der Waals surface area contributed by atoms with Gasteiger partial charge in [-0.2, -0.15) is 10.4 Å². The number of carbonyl (C=O) groups is 1. The molecule has 0 atom stereocenters. The van der Waals surface area contributed by atoms with Crippen LogP contribution in [0.2, 0.25) is 0 Å². The lowest BCUT2D eigenvalue weighted by Gasteiger charge is -2.05. The second-order valence-electron chi connectivity index (χ2n) is 4.18. The van der Waals surface area contributed by atoms with Crippen LogP contribution in [0.15, 0.2) is 59.7 Å². The fourth-order valence-corrected chi connectivity index (χ4v) is 1.68. The maximum Gasteiger partial charge on any atom is 0.180 e. The van der Waals surface area contributed by atoms with Gasteiger partial charge in [-0.25, -0.2) is 0 Å². The van der Waals surface area contributed by atoms with Gasteiger partial charge in [0.05, 0.1) is 17.3 Å². The molecule has 0 radical (unpaired) electrons. The molecule has 2 aromatic rings. The van der Waals surface area contributed by atoms with Gasteiger partial charge in [0.1, 0.15) is 5.71 Å². The van der Waals surface area contributed by atoms with Gasteiger partial charge >= 0.3 is 0 Å². The van der Waals surface area contributed by atoms with Crippen molar-refractivity contribution in [2.75, 3.05) is 5.43 Å². The SMILES string of the molecule is CC(=O)/C(=N/Nc1ccccc1)c1ccc(C#N)cc1. The number of hydrazone groups is 1. The van der Waals surface area contributed by atoms with Crippen LogP contribution in [0.3, 0.4) is 0 Å². The van der Waals surface area contributed by atoms with E-state index in [0.29, 0.717) is 16.8 Å². The van der Waals surface area contributed by atoms with E-state index >= 15 is 0 Å². The van der Waals surface area contributed by atoms with Gasteiger partial charge in [0.25, 0.3) is 0 Å². The Morgan fingerprint density at radius 2 is 1.75 bits per heavy atom. The normalized spacial score (nSPS) is 10.7. The van der Waals surface area contributed by atoms with E-state index in [0.717, 1.165) is 5.69 Å². The topological polar surface area (TPSA) is 65.2 Å². The minimum absolute atomic E-state index is 0.141. The van der Waals surface area contributed by atoms with Gasteiger partial charge in [-0.3, -0.25) is 10.2 Å². The fourth-order valence-electron chi connectivity index (χ4n) is 1.68. The van der Waals surface area contributed by atoms with Crippen molar-refractivity contribution in [2.45, 2.75) is 6.92 Å². The molecule has 1 N–H and O–H groups in total. The van der Waals surface area contributed by atoms with E-state index in [1.807, 2.05) is 36.4 Å². The summed E-state index contributed by atoms with van der Waals surface area (Å²) in [5.41, 5.74) is 5.22. The van der Waals surface area contributed by atoms with Crippen LogP contribution in [0.4, 0.5) is 5.69 Å². The molecule has 0 aliphatic rings. The largest absolute Gasteiger partial charge is 0.293 e. The Morgan fingerprint density at radius 1 is 1.10 bits per heavy atom. The van der Waals surface area contributed by atoms with E-state index in [1.54, 1.807) is 24.3 Å². The number of nitrogens with zero attached hydrogens (tertiary/aromatic N) is 2. The molecule has 0 saturated heterocycles. The first-order valence-corrected chi connectivity index (χ1v) is 6.11. The van der Waals surface area contributed by atoms with Gasteiger partial charge in [0.2, 0.25) is 0 Å². The van der Waals surface area contributed by atoms with Crippen LogP contribution >= 0.6 is 0 Å². The molecule has 0 bridgehead atoms. The predicted octanol–water partition coefficient (Wildman–Crippen LogP) is 2.96. The molecule has 0 aliphatic carbocycles. The van der Waals surface area contributed by atoms with Crippen molar-refractivity contribution in [1.82, 2.24) is 0 Å². The summed E-state index contributed by atoms with van der Waals surface area (Å²) in [6.07, 6.45) is 0. The Kier molecular flexibility index (Phi) is 4.25. The molecular weight excluding hydrogens is 250 g/mol. The lowest BCUT2D eigenvalue weighted by Crippen LogP contribution is -2.13. The van der Waals surface area contributed by atoms with E-state index in [4.69, 9.17) is 5.26 Å². The highest BCUT2D eigenvalue weighted by atomic mass is 16.1. The minimum Gasteiger partial charge on any atom is -0.293 e. The summed E-state index contributed by atoms with van der Waals surface area (Å²) in [4.78, 5) is 11.7. The van der Waals surface area contributed by atoms with Crippen LogP contribution in [-0.4, -0.2) is 11.5 Å². The molecule has 0 aromatic heterocycles. The highest BCUT2D eigenvalue weighted by molar-refractivity contribution is 6.45. The van der Waals surface area contributed by atoms with Crippen LogP contribution in [-0.2, 0) is 4.79 Å². The van der Waals surface area contributed by atoms with Gasteiger partial charge < -0.3 is 0 Å². The molecule has 98 valence electrons. The van der Waals surface area contributed by atoms with Crippen molar-refractivity contribution in [1.29, 1.82) is 5.26 Å². The first-order valence-electron chi connectivity index (χ1n) is 6.11. The summed E-state index contributed by atoms with van der Waals surface area (Å²) >= 11 is 0. The first kappa shape index (κ1) is 13.5. The molecule has 2 aromatic carbocycles. The van der Waals surface area contributed by atoms with Gasteiger partial charge in [-0.15, -0.1) is 0 Å². The third kappa shape index (κ3) is 3.30. The Morgan fingerprint density at radius 3 is 2.30 bits per heavy atom. The van der Waals surface area contributed by atoms with Crippen molar-refractivity contribution in [3.8, 4) is 6.07 Å². The second kappa shape index (κ2) is 6.30. The number of carbonyl (C=O) groups excluding carboxylic acids is 1. The molecule has 0 spiro atoms. The number of para-hydroxylation sites is 1. The Hall–Kier alpha value is -2.93. The van der Waals surface area contributed by atoms with Crippen LogP contribution in [0.1, 0.15) is 18.1 Å². The van der Waals surface area contributed by atoms with Crippen LogP contribution in [0.5, 0.6) is 0 Å². The highest BCUT2D eigenvalue weighted by Crippen LogP contribution is 2.09. The lowest BCUT2D eigenvalue weighted by molar-refractivity contribution is -0.111. The number of ketones is 1. The summed E-state index contributed by atoms with van der Waals surface area (Å²) in [5, 5.41) is 12.9. The van der Waals surface area contributed by atoms with Crippen molar-refractivity contribution >= 4 is 17.2 Å². The minimum atomic E-state index is -0.141. The Balaban J connectivity index is 2.26. The van der Waals surface area contributed by atoms with Crippen molar-refractivity contribution in [2.24, 2.45) is 5.10 Å². The Labute approximate surface area is 117 Å². The van der Waals surface area contributed by atoms with Gasteiger partial charge in [0.15, 0.2) is 5.78 Å². The maximum absolute atomic E-state index is 11.7. The zero-order chi connectivity index (χ0) is 14.4. The fraction of sp³-hybridized carbons (Fsp3) is 0.0625. The molecule has 0 saturated carbocycles. The molecule has 0 aliphatic heterocycles. The number of rotatable bonds is 4. The molecule has 0 unspecified atom stereocenters. The second-order valence-corrected chi connectivity index (χ2v) is 4.18. The van der Waals surface area contributed by atoms with E-state index < -0.39 is 0 Å². The molecule has 0 fully saturated rings. The van der Waals surface area contributed by atoms with Crippen molar-refractivity contribution < 1.29 is 4.79 Å². The number of nitrogens with one attached hydrogen (secondary N) is 1. The van der Waals surface area contributed by atoms with Crippen LogP contribution in [0.25, 0.3) is 0 Å². The lowest BCUT2D eigenvalue weighted by atomic mass is 10.1. The third-order valence-electron chi connectivity index (χ3n) is 2.69. The molecular formula is C16H13N3O. The summed E-state index contributed by atoms with van der Waals surface area (Å²) < 4.78 is 0. The number of Topliss-reactive ketones (excluding diaryl/α,β-unsaturated/α-hetero) is 1. The average Bonchev–Trinajstić information content (AvgIpc) is 2.49. The number of anilines is 1. The number of hydrogen-bond acceptors (Lipinski definition) is 4. The average molecular weight is 263 g/mol. The van der Waals surface area contributed by atoms with Crippen LogP contribution < -0.4 is 5.43 Å². The van der Waals surface area contributed by atoms with Gasteiger partial charge in [-0.1, -0.05) is 30.3 Å². The molecule has 0 amide bonds. The monoisotopic (exact) mass is 263 g/mol. The zero-order valence-electron chi connectivity index (χ0n) is 11.0. The van der Waals surface area contributed by atoms with Crippen molar-refractivity contribution in [3.05, 3.63) is 65.7 Å². The first-order chi connectivity index (χ1) is 9.70.